The lowest BCUT2D eigenvalue weighted by Crippen LogP contribution is -2.37. The summed E-state index contributed by atoms with van der Waals surface area (Å²) in [5.41, 5.74) is 0. The van der Waals surface area contributed by atoms with Gasteiger partial charge in [0.05, 0.1) is 34.4 Å². The molecule has 0 aromatic heterocycles. The third-order valence-electron chi connectivity index (χ3n) is 7.37. The molecule has 0 rings (SSSR count). The third kappa shape index (κ3) is 32.5. The number of nitrogens with zero attached hydrogens (tertiary/aromatic N) is 1. The minimum atomic E-state index is -4.33. The first-order valence-electron chi connectivity index (χ1n) is 16.9. The molecule has 0 saturated heterocycles. The standard InChI is InChI=1S/C33H68NO6P/c1-6-7-8-9-10-11-12-13-14-15-16-17-18-19-20-21-22-23-24-25-26-27-29-38-31-33(37-5)32-40-41(35,36)39-30-28-34(2,3)4/h16-17,33H,6-15,18-32H2,1-5H3/b17-16-/t33-/m1/s1. The number of phosphoric acid groups is 1. The fraction of sp³-hybridized carbons (Fsp3) is 0.939. The van der Waals surface area contributed by atoms with Gasteiger partial charge in [0.2, 0.25) is 0 Å². The highest BCUT2D eigenvalue weighted by molar-refractivity contribution is 7.45. The number of allylic oxidation sites excluding steroid dienone is 2. The van der Waals surface area contributed by atoms with Crippen molar-refractivity contribution in [3.8, 4) is 0 Å². The zero-order chi connectivity index (χ0) is 30.5. The quantitative estimate of drug-likeness (QED) is 0.0331. The number of unbranched alkanes of at least 4 members (excludes halogenated alkanes) is 18. The number of rotatable bonds is 32. The first-order valence-corrected chi connectivity index (χ1v) is 18.3. The van der Waals surface area contributed by atoms with Gasteiger partial charge in [-0.2, -0.15) is 0 Å². The van der Waals surface area contributed by atoms with E-state index in [0.29, 0.717) is 24.2 Å². The van der Waals surface area contributed by atoms with Crippen LogP contribution in [-0.2, 0) is 23.1 Å². The van der Waals surface area contributed by atoms with Gasteiger partial charge in [0.25, 0.3) is 7.82 Å². The molecule has 246 valence electrons. The van der Waals surface area contributed by atoms with Crippen molar-refractivity contribution in [2.24, 2.45) is 0 Å². The van der Waals surface area contributed by atoms with Crippen molar-refractivity contribution in [3.05, 3.63) is 12.2 Å². The van der Waals surface area contributed by atoms with Crippen LogP contribution in [0.2, 0.25) is 0 Å². The number of hydrogen-bond acceptors (Lipinski definition) is 6. The molecule has 0 fully saturated rings. The van der Waals surface area contributed by atoms with Gasteiger partial charge in [0.15, 0.2) is 0 Å². The lowest BCUT2D eigenvalue weighted by molar-refractivity contribution is -0.870. The average Bonchev–Trinajstić information content (AvgIpc) is 2.91. The van der Waals surface area contributed by atoms with Crippen LogP contribution in [-0.4, -0.2) is 71.8 Å². The lowest BCUT2D eigenvalue weighted by Gasteiger charge is -2.28. The number of methoxy groups -OCH3 is 1. The number of hydrogen-bond donors (Lipinski definition) is 0. The van der Waals surface area contributed by atoms with Crippen molar-refractivity contribution in [2.45, 2.75) is 141 Å². The summed E-state index contributed by atoms with van der Waals surface area (Å²) in [7, 11) is 3.11. The van der Waals surface area contributed by atoms with Crippen LogP contribution in [0.5, 0.6) is 0 Å². The largest absolute Gasteiger partial charge is 0.756 e. The van der Waals surface area contributed by atoms with Crippen molar-refractivity contribution >= 4 is 7.82 Å². The molecule has 1 unspecified atom stereocenters. The number of likely N-dealkylation sites (N-methyl/N-ethyl adjacent to an activating group) is 1. The summed E-state index contributed by atoms with van der Waals surface area (Å²) in [5, 5.41) is 0. The molecule has 2 atom stereocenters. The third-order valence-corrected chi connectivity index (χ3v) is 8.33. The van der Waals surface area contributed by atoms with Crippen LogP contribution in [0, 0.1) is 0 Å². The topological polar surface area (TPSA) is 77.1 Å². The summed E-state index contributed by atoms with van der Waals surface area (Å²) in [6.07, 6.45) is 31.0. The van der Waals surface area contributed by atoms with E-state index in [0.717, 1.165) is 12.8 Å². The molecule has 0 aliphatic carbocycles. The van der Waals surface area contributed by atoms with Crippen LogP contribution < -0.4 is 4.89 Å². The van der Waals surface area contributed by atoms with Crippen LogP contribution in [0.4, 0.5) is 0 Å². The Balaban J connectivity index is 3.44. The maximum Gasteiger partial charge on any atom is 0.268 e. The van der Waals surface area contributed by atoms with Gasteiger partial charge in [-0.1, -0.05) is 115 Å². The van der Waals surface area contributed by atoms with Gasteiger partial charge < -0.3 is 27.9 Å². The summed E-state index contributed by atoms with van der Waals surface area (Å²) < 4.78 is 33.4. The predicted molar refractivity (Wildman–Crippen MR) is 171 cm³/mol. The number of quaternary nitrogens is 1. The molecule has 0 aromatic rings. The molecule has 8 heteroatoms. The summed E-state index contributed by atoms with van der Waals surface area (Å²) in [6, 6.07) is 0. The SMILES string of the molecule is CCCCCCCCCCC/C=C\CCCCCCCCCCCOC[C@H](COP(=O)([O-])OCC[N+](C)(C)C)OC. The molecule has 0 bridgehead atoms. The Bertz CT molecular complexity index is 625. The fourth-order valence-corrected chi connectivity index (χ4v) is 5.28. The molecular formula is C33H68NO6P. The molecule has 0 radical (unpaired) electrons. The molecular weight excluding hydrogens is 537 g/mol. The molecule has 0 aliphatic rings. The van der Waals surface area contributed by atoms with Crippen molar-refractivity contribution in [2.75, 3.05) is 61.2 Å². The van der Waals surface area contributed by atoms with Crippen LogP contribution >= 0.6 is 7.82 Å². The Kier molecular flexibility index (Phi) is 28.3. The molecule has 0 heterocycles. The summed E-state index contributed by atoms with van der Waals surface area (Å²) in [6.45, 7) is 3.81. The van der Waals surface area contributed by atoms with Crippen molar-refractivity contribution in [3.63, 3.8) is 0 Å². The predicted octanol–water partition coefficient (Wildman–Crippen LogP) is 8.60. The monoisotopic (exact) mass is 605 g/mol. The van der Waals surface area contributed by atoms with E-state index in [-0.39, 0.29) is 13.2 Å². The highest BCUT2D eigenvalue weighted by Gasteiger charge is 2.16. The zero-order valence-electron chi connectivity index (χ0n) is 27.8. The molecule has 41 heavy (non-hydrogen) atoms. The summed E-state index contributed by atoms with van der Waals surface area (Å²) in [4.78, 5) is 11.9. The Morgan fingerprint density at radius 3 is 1.59 bits per heavy atom. The van der Waals surface area contributed by atoms with E-state index >= 15 is 0 Å². The first-order chi connectivity index (χ1) is 19.7. The maximum atomic E-state index is 11.9. The van der Waals surface area contributed by atoms with E-state index in [4.69, 9.17) is 18.5 Å². The van der Waals surface area contributed by atoms with Crippen molar-refractivity contribution < 1.29 is 32.5 Å². The lowest BCUT2D eigenvalue weighted by atomic mass is 10.1. The minimum absolute atomic E-state index is 0.0928. The van der Waals surface area contributed by atoms with Gasteiger partial charge >= 0.3 is 0 Å². The molecule has 0 amide bonds. The van der Waals surface area contributed by atoms with Gasteiger partial charge in [0.1, 0.15) is 19.3 Å². The van der Waals surface area contributed by atoms with E-state index in [1.165, 1.54) is 123 Å². The van der Waals surface area contributed by atoms with Gasteiger partial charge in [0, 0.05) is 13.7 Å². The van der Waals surface area contributed by atoms with E-state index in [2.05, 4.69) is 19.1 Å². The fourth-order valence-electron chi connectivity index (χ4n) is 4.55. The Labute approximate surface area is 254 Å². The summed E-state index contributed by atoms with van der Waals surface area (Å²) >= 11 is 0. The highest BCUT2D eigenvalue weighted by atomic mass is 31.2. The van der Waals surface area contributed by atoms with E-state index in [1.54, 1.807) is 0 Å². The minimum Gasteiger partial charge on any atom is -0.756 e. The van der Waals surface area contributed by atoms with E-state index in [1.807, 2.05) is 21.1 Å². The van der Waals surface area contributed by atoms with E-state index in [9.17, 15) is 9.46 Å². The zero-order valence-corrected chi connectivity index (χ0v) is 28.6. The number of phosphoric ester groups is 1. The Hall–Kier alpha value is -0.270. The van der Waals surface area contributed by atoms with Crippen LogP contribution in [0.15, 0.2) is 12.2 Å². The molecule has 0 N–H and O–H groups in total. The molecule has 0 aliphatic heterocycles. The average molecular weight is 606 g/mol. The molecule has 7 nitrogen and oxygen atoms in total. The molecule has 0 saturated carbocycles. The highest BCUT2D eigenvalue weighted by Crippen LogP contribution is 2.38. The second kappa shape index (κ2) is 28.5. The Morgan fingerprint density at radius 1 is 0.659 bits per heavy atom. The maximum absolute atomic E-state index is 11.9. The van der Waals surface area contributed by atoms with Crippen LogP contribution in [0.1, 0.15) is 135 Å². The van der Waals surface area contributed by atoms with Gasteiger partial charge in [-0.3, -0.25) is 4.57 Å². The van der Waals surface area contributed by atoms with Gasteiger partial charge in [-0.05, 0) is 32.1 Å². The normalized spacial score (nSPS) is 14.6. The van der Waals surface area contributed by atoms with Gasteiger partial charge in [-0.25, -0.2) is 0 Å². The second-order valence-electron chi connectivity index (χ2n) is 12.6. The second-order valence-corrected chi connectivity index (χ2v) is 14.0. The summed E-state index contributed by atoms with van der Waals surface area (Å²) in [5.74, 6) is 0. The van der Waals surface area contributed by atoms with Crippen molar-refractivity contribution in [1.29, 1.82) is 0 Å². The number of ether oxygens (including phenoxy) is 2. The Morgan fingerprint density at radius 2 is 1.12 bits per heavy atom. The first kappa shape index (κ1) is 40.7. The van der Waals surface area contributed by atoms with Crippen LogP contribution in [0.25, 0.3) is 0 Å². The molecule has 0 spiro atoms. The molecule has 0 aromatic carbocycles. The van der Waals surface area contributed by atoms with E-state index < -0.39 is 13.9 Å². The van der Waals surface area contributed by atoms with Crippen molar-refractivity contribution in [1.82, 2.24) is 0 Å². The smallest absolute Gasteiger partial charge is 0.268 e. The van der Waals surface area contributed by atoms with Gasteiger partial charge in [-0.15, -0.1) is 0 Å². The van der Waals surface area contributed by atoms with Crippen LogP contribution in [0.3, 0.4) is 0 Å².